The molecule has 2 atom stereocenters. The number of carbonyl (C=O) groups excluding carboxylic acids is 1. The van der Waals surface area contributed by atoms with Crippen LogP contribution in [0.15, 0.2) is 24.3 Å². The van der Waals surface area contributed by atoms with Gasteiger partial charge in [0.15, 0.2) is 0 Å². The summed E-state index contributed by atoms with van der Waals surface area (Å²) in [6, 6.07) is 5.02. The van der Waals surface area contributed by atoms with Gasteiger partial charge in [-0.15, -0.1) is 0 Å². The Hall–Kier alpha value is -1.61. The summed E-state index contributed by atoms with van der Waals surface area (Å²) < 4.78 is 64.6. The number of alkyl halides is 3. The molecule has 122 valence electrons. The number of hydrogen-bond acceptors (Lipinski definition) is 3. The first-order chi connectivity index (χ1) is 10.0. The summed E-state index contributed by atoms with van der Waals surface area (Å²) >= 11 is 0. The molecule has 0 spiro atoms. The molecule has 2 rings (SSSR count). The minimum atomic E-state index is -4.50. The molecule has 0 heterocycles. The SMILES string of the molecule is CN(C)S(=O)(=O)NC(=O)[C@H]1C[C@@H]1c1ccccc1C(F)(F)F. The van der Waals surface area contributed by atoms with Crippen molar-refractivity contribution in [3.8, 4) is 0 Å². The lowest BCUT2D eigenvalue weighted by atomic mass is 10.0. The van der Waals surface area contributed by atoms with Gasteiger partial charge in [-0.05, 0) is 24.0 Å². The normalized spacial score (nSPS) is 21.7. The minimum Gasteiger partial charge on any atom is -0.274 e. The standard InChI is InChI=1S/C13H15F3N2O3S/c1-18(2)22(20,21)17-12(19)10-7-9(10)8-5-3-4-6-11(8)13(14,15)16/h3-6,9-10H,7H2,1-2H3,(H,17,19)/t9-,10+/m1/s1. The highest BCUT2D eigenvalue weighted by atomic mass is 32.2. The van der Waals surface area contributed by atoms with E-state index in [9.17, 15) is 26.4 Å². The van der Waals surface area contributed by atoms with Crippen LogP contribution in [-0.2, 0) is 21.2 Å². The van der Waals surface area contributed by atoms with E-state index in [0.29, 0.717) is 0 Å². The molecule has 0 unspecified atom stereocenters. The van der Waals surface area contributed by atoms with Crippen molar-refractivity contribution in [1.29, 1.82) is 0 Å². The third kappa shape index (κ3) is 3.41. The predicted octanol–water partition coefficient (Wildman–Crippen LogP) is 1.73. The van der Waals surface area contributed by atoms with Gasteiger partial charge in [-0.1, -0.05) is 18.2 Å². The highest BCUT2D eigenvalue weighted by Crippen LogP contribution is 2.51. The molecule has 9 heteroatoms. The lowest BCUT2D eigenvalue weighted by molar-refractivity contribution is -0.138. The van der Waals surface area contributed by atoms with Gasteiger partial charge in [0.2, 0.25) is 5.91 Å². The Morgan fingerprint density at radius 2 is 1.86 bits per heavy atom. The van der Waals surface area contributed by atoms with Crippen LogP contribution in [0.3, 0.4) is 0 Å². The lowest BCUT2D eigenvalue weighted by Crippen LogP contribution is -2.40. The number of rotatable bonds is 4. The van der Waals surface area contributed by atoms with Crippen molar-refractivity contribution in [1.82, 2.24) is 9.03 Å². The van der Waals surface area contributed by atoms with Crippen LogP contribution in [0.4, 0.5) is 13.2 Å². The van der Waals surface area contributed by atoms with E-state index in [1.54, 1.807) is 0 Å². The maximum Gasteiger partial charge on any atom is 0.416 e. The van der Waals surface area contributed by atoms with Gasteiger partial charge in [0, 0.05) is 20.0 Å². The molecule has 5 nitrogen and oxygen atoms in total. The number of nitrogens with one attached hydrogen (secondary N) is 1. The molecule has 0 bridgehead atoms. The second kappa shape index (κ2) is 5.54. The van der Waals surface area contributed by atoms with Crippen LogP contribution in [0.1, 0.15) is 23.5 Å². The second-order valence-electron chi connectivity index (χ2n) is 5.29. The molecule has 0 aliphatic heterocycles. The molecule has 0 aromatic heterocycles. The number of carbonyl (C=O) groups is 1. The average molecular weight is 336 g/mol. The predicted molar refractivity (Wildman–Crippen MR) is 73.0 cm³/mol. The van der Waals surface area contributed by atoms with Gasteiger partial charge in [-0.25, -0.2) is 4.72 Å². The maximum atomic E-state index is 12.9. The monoisotopic (exact) mass is 336 g/mol. The van der Waals surface area contributed by atoms with Crippen LogP contribution < -0.4 is 4.72 Å². The fourth-order valence-corrected chi connectivity index (χ4v) is 2.79. The molecule has 1 aromatic carbocycles. The van der Waals surface area contributed by atoms with E-state index in [2.05, 4.69) is 0 Å². The van der Waals surface area contributed by atoms with Gasteiger partial charge in [-0.2, -0.15) is 25.9 Å². The third-order valence-electron chi connectivity index (χ3n) is 3.50. The molecule has 1 aliphatic rings. The van der Waals surface area contributed by atoms with Gasteiger partial charge in [0.05, 0.1) is 5.56 Å². The fourth-order valence-electron chi connectivity index (χ4n) is 2.20. The topological polar surface area (TPSA) is 66.5 Å². The summed E-state index contributed by atoms with van der Waals surface area (Å²) in [5, 5.41) is 0. The zero-order valence-corrected chi connectivity index (χ0v) is 12.7. The molecule has 0 radical (unpaired) electrons. The quantitative estimate of drug-likeness (QED) is 0.911. The van der Waals surface area contributed by atoms with Crippen LogP contribution in [0, 0.1) is 5.92 Å². The molecule has 1 saturated carbocycles. The molecular formula is C13H15F3N2O3S. The number of halogens is 3. The molecule has 1 fully saturated rings. The van der Waals surface area contributed by atoms with E-state index in [0.717, 1.165) is 10.4 Å². The van der Waals surface area contributed by atoms with Gasteiger partial charge < -0.3 is 0 Å². The average Bonchev–Trinajstić information content (AvgIpc) is 3.17. The summed E-state index contributed by atoms with van der Waals surface area (Å²) in [5.41, 5.74) is -0.761. The zero-order chi connectivity index (χ0) is 16.7. The number of amides is 1. The van der Waals surface area contributed by atoms with Crippen molar-refractivity contribution in [3.05, 3.63) is 35.4 Å². The van der Waals surface area contributed by atoms with Crippen LogP contribution in [0.2, 0.25) is 0 Å². The van der Waals surface area contributed by atoms with Crippen LogP contribution >= 0.6 is 0 Å². The van der Waals surface area contributed by atoms with E-state index < -0.39 is 39.7 Å². The molecule has 0 saturated heterocycles. The summed E-state index contributed by atoms with van der Waals surface area (Å²) in [5.74, 6) is -2.16. The molecule has 22 heavy (non-hydrogen) atoms. The van der Waals surface area contributed by atoms with Crippen LogP contribution in [0.5, 0.6) is 0 Å². The van der Waals surface area contributed by atoms with E-state index in [1.165, 1.54) is 32.3 Å². The largest absolute Gasteiger partial charge is 0.416 e. The summed E-state index contributed by atoms with van der Waals surface area (Å²) in [7, 11) is -1.44. The van der Waals surface area contributed by atoms with E-state index in [1.807, 2.05) is 4.72 Å². The van der Waals surface area contributed by atoms with Crippen molar-refractivity contribution in [2.24, 2.45) is 5.92 Å². The fraction of sp³-hybridized carbons (Fsp3) is 0.462. The Bertz CT molecular complexity index is 686. The van der Waals surface area contributed by atoms with Gasteiger partial charge in [0.25, 0.3) is 0 Å². The van der Waals surface area contributed by atoms with Crippen LogP contribution in [0.25, 0.3) is 0 Å². The van der Waals surface area contributed by atoms with Crippen molar-refractivity contribution in [2.45, 2.75) is 18.5 Å². The first-order valence-corrected chi connectivity index (χ1v) is 7.88. The Morgan fingerprint density at radius 3 is 2.41 bits per heavy atom. The summed E-state index contributed by atoms with van der Waals surface area (Å²) in [6.45, 7) is 0. The van der Waals surface area contributed by atoms with Gasteiger partial charge in [0.1, 0.15) is 0 Å². The minimum absolute atomic E-state index is 0.0254. The van der Waals surface area contributed by atoms with E-state index in [-0.39, 0.29) is 12.0 Å². The highest BCUT2D eigenvalue weighted by Gasteiger charge is 2.48. The maximum absolute atomic E-state index is 12.9. The number of benzene rings is 1. The lowest BCUT2D eigenvalue weighted by Gasteiger charge is -2.14. The molecule has 1 N–H and O–H groups in total. The van der Waals surface area contributed by atoms with Gasteiger partial charge >= 0.3 is 16.4 Å². The first kappa shape index (κ1) is 16.8. The Kier molecular flexibility index (Phi) is 4.22. The van der Waals surface area contributed by atoms with Crippen molar-refractivity contribution in [3.63, 3.8) is 0 Å². The Morgan fingerprint density at radius 1 is 1.27 bits per heavy atom. The van der Waals surface area contributed by atoms with Crippen molar-refractivity contribution in [2.75, 3.05) is 14.1 Å². The highest BCUT2D eigenvalue weighted by molar-refractivity contribution is 7.87. The summed E-state index contributed by atoms with van der Waals surface area (Å²) in [4.78, 5) is 11.9. The Labute approximate surface area is 126 Å². The summed E-state index contributed by atoms with van der Waals surface area (Å²) in [6.07, 6.45) is -4.31. The van der Waals surface area contributed by atoms with Crippen molar-refractivity contribution < 1.29 is 26.4 Å². The van der Waals surface area contributed by atoms with Gasteiger partial charge in [-0.3, -0.25) is 4.79 Å². The van der Waals surface area contributed by atoms with E-state index in [4.69, 9.17) is 0 Å². The molecular weight excluding hydrogens is 321 g/mol. The number of hydrogen-bond donors (Lipinski definition) is 1. The molecule has 1 amide bonds. The molecule has 1 aliphatic carbocycles. The third-order valence-corrected chi connectivity index (χ3v) is 4.92. The smallest absolute Gasteiger partial charge is 0.274 e. The second-order valence-corrected chi connectivity index (χ2v) is 7.17. The van der Waals surface area contributed by atoms with Crippen molar-refractivity contribution >= 4 is 16.1 Å². The van der Waals surface area contributed by atoms with E-state index >= 15 is 0 Å². The zero-order valence-electron chi connectivity index (χ0n) is 11.9. The number of nitrogens with zero attached hydrogens (tertiary/aromatic N) is 1. The van der Waals surface area contributed by atoms with Crippen LogP contribution in [-0.4, -0.2) is 32.7 Å². The first-order valence-electron chi connectivity index (χ1n) is 6.44. The molecule has 1 aromatic rings. The Balaban J connectivity index is 2.16.